The van der Waals surface area contributed by atoms with Crippen molar-refractivity contribution in [2.45, 2.75) is 6.54 Å². The van der Waals surface area contributed by atoms with E-state index in [1.807, 2.05) is 12.1 Å². The van der Waals surface area contributed by atoms with Gasteiger partial charge in [-0.3, -0.25) is 9.67 Å². The van der Waals surface area contributed by atoms with Gasteiger partial charge < -0.3 is 11.1 Å². The molecule has 0 radical (unpaired) electrons. The standard InChI is InChI=1S/C10H12N6S/c11-10(17)9-8(2-1-3-13-9)12-4-6-16-7-5-14-15-16/h1-3,5,7,12H,4,6H2,(H2,11,17). The monoisotopic (exact) mass is 248 g/mol. The summed E-state index contributed by atoms with van der Waals surface area (Å²) in [5.41, 5.74) is 7.03. The third-order valence-corrected chi connectivity index (χ3v) is 2.36. The van der Waals surface area contributed by atoms with Gasteiger partial charge >= 0.3 is 0 Å². The molecule has 0 aliphatic carbocycles. The van der Waals surface area contributed by atoms with Crippen LogP contribution in [0.15, 0.2) is 30.7 Å². The molecule has 0 atom stereocenters. The van der Waals surface area contributed by atoms with Crippen molar-refractivity contribution in [1.82, 2.24) is 20.0 Å². The van der Waals surface area contributed by atoms with Gasteiger partial charge in [0.2, 0.25) is 0 Å². The molecule has 3 N–H and O–H groups in total. The zero-order valence-corrected chi connectivity index (χ0v) is 9.89. The fourth-order valence-electron chi connectivity index (χ4n) is 1.40. The summed E-state index contributed by atoms with van der Waals surface area (Å²) in [6.45, 7) is 1.41. The first-order valence-electron chi connectivity index (χ1n) is 5.10. The van der Waals surface area contributed by atoms with E-state index >= 15 is 0 Å². The lowest BCUT2D eigenvalue weighted by Crippen LogP contribution is -2.17. The molecule has 0 bridgehead atoms. The Morgan fingerprint density at radius 1 is 1.47 bits per heavy atom. The van der Waals surface area contributed by atoms with Gasteiger partial charge in [0.1, 0.15) is 10.7 Å². The van der Waals surface area contributed by atoms with Crippen LogP contribution >= 0.6 is 12.2 Å². The molecular formula is C10H12N6S. The molecule has 2 heterocycles. The Kier molecular flexibility index (Phi) is 3.61. The zero-order valence-electron chi connectivity index (χ0n) is 9.08. The minimum Gasteiger partial charge on any atom is -0.388 e. The van der Waals surface area contributed by atoms with Crippen molar-refractivity contribution in [1.29, 1.82) is 0 Å². The van der Waals surface area contributed by atoms with Crippen LogP contribution in [0.5, 0.6) is 0 Å². The highest BCUT2D eigenvalue weighted by Gasteiger charge is 2.04. The molecule has 2 rings (SSSR count). The van der Waals surface area contributed by atoms with E-state index < -0.39 is 0 Å². The number of nitrogens with one attached hydrogen (secondary N) is 1. The normalized spacial score (nSPS) is 10.1. The van der Waals surface area contributed by atoms with E-state index in [0.29, 0.717) is 18.8 Å². The molecule has 0 fully saturated rings. The van der Waals surface area contributed by atoms with Crippen LogP contribution in [-0.2, 0) is 6.54 Å². The van der Waals surface area contributed by atoms with Gasteiger partial charge in [0, 0.05) is 18.9 Å². The summed E-state index contributed by atoms with van der Waals surface area (Å²) < 4.78 is 1.74. The van der Waals surface area contributed by atoms with Gasteiger partial charge in [-0.2, -0.15) is 0 Å². The fraction of sp³-hybridized carbons (Fsp3) is 0.200. The van der Waals surface area contributed by atoms with Crippen LogP contribution in [0.1, 0.15) is 5.69 Å². The summed E-state index contributed by atoms with van der Waals surface area (Å²) >= 11 is 4.93. The first-order valence-corrected chi connectivity index (χ1v) is 5.51. The Morgan fingerprint density at radius 2 is 2.35 bits per heavy atom. The van der Waals surface area contributed by atoms with Gasteiger partial charge in [-0.05, 0) is 12.1 Å². The predicted molar refractivity (Wildman–Crippen MR) is 68.6 cm³/mol. The number of nitrogens with two attached hydrogens (primary N) is 1. The Labute approximate surface area is 104 Å². The second kappa shape index (κ2) is 5.35. The smallest absolute Gasteiger partial charge is 0.124 e. The maximum Gasteiger partial charge on any atom is 0.124 e. The summed E-state index contributed by atoms with van der Waals surface area (Å²) in [4.78, 5) is 4.42. The zero-order chi connectivity index (χ0) is 12.1. The molecule has 0 spiro atoms. The summed E-state index contributed by atoms with van der Waals surface area (Å²) in [6.07, 6.45) is 5.11. The molecule has 2 aromatic heterocycles. The highest BCUT2D eigenvalue weighted by molar-refractivity contribution is 7.80. The lowest BCUT2D eigenvalue weighted by Gasteiger charge is -2.09. The van der Waals surface area contributed by atoms with Crippen molar-refractivity contribution >= 4 is 22.9 Å². The van der Waals surface area contributed by atoms with Crippen LogP contribution in [-0.4, -0.2) is 31.5 Å². The van der Waals surface area contributed by atoms with E-state index in [-0.39, 0.29) is 4.99 Å². The van der Waals surface area contributed by atoms with Crippen LogP contribution in [0.2, 0.25) is 0 Å². The van der Waals surface area contributed by atoms with Crippen molar-refractivity contribution in [2.75, 3.05) is 11.9 Å². The van der Waals surface area contributed by atoms with Crippen LogP contribution in [0, 0.1) is 0 Å². The van der Waals surface area contributed by atoms with Gasteiger partial charge in [0.05, 0.1) is 18.4 Å². The van der Waals surface area contributed by atoms with Crippen molar-refractivity contribution < 1.29 is 0 Å². The van der Waals surface area contributed by atoms with Crippen LogP contribution in [0.4, 0.5) is 5.69 Å². The third kappa shape index (κ3) is 2.97. The molecule has 0 saturated heterocycles. The van der Waals surface area contributed by atoms with E-state index in [1.165, 1.54) is 0 Å². The Hall–Kier alpha value is -2.02. The molecule has 0 aliphatic heterocycles. The molecule has 0 amide bonds. The SMILES string of the molecule is NC(=S)c1ncccc1NCCn1ccnn1. The lowest BCUT2D eigenvalue weighted by atomic mass is 10.3. The topological polar surface area (TPSA) is 81.6 Å². The lowest BCUT2D eigenvalue weighted by molar-refractivity contribution is 0.609. The molecular weight excluding hydrogens is 236 g/mol. The number of aromatic nitrogens is 4. The molecule has 17 heavy (non-hydrogen) atoms. The number of hydrogen-bond donors (Lipinski definition) is 2. The molecule has 2 aromatic rings. The van der Waals surface area contributed by atoms with E-state index in [4.69, 9.17) is 18.0 Å². The van der Waals surface area contributed by atoms with Crippen LogP contribution in [0.25, 0.3) is 0 Å². The highest BCUT2D eigenvalue weighted by atomic mass is 32.1. The number of hydrogen-bond acceptors (Lipinski definition) is 5. The number of nitrogens with zero attached hydrogens (tertiary/aromatic N) is 4. The molecule has 0 aliphatic rings. The minimum absolute atomic E-state index is 0.286. The van der Waals surface area contributed by atoms with Crippen LogP contribution < -0.4 is 11.1 Å². The molecule has 0 aromatic carbocycles. The maximum atomic E-state index is 5.58. The van der Waals surface area contributed by atoms with Gasteiger partial charge in [-0.25, -0.2) is 0 Å². The van der Waals surface area contributed by atoms with E-state index in [9.17, 15) is 0 Å². The van der Waals surface area contributed by atoms with Crippen molar-refractivity contribution in [3.05, 3.63) is 36.4 Å². The largest absolute Gasteiger partial charge is 0.388 e. The number of rotatable bonds is 5. The quantitative estimate of drug-likeness (QED) is 0.746. The summed E-state index contributed by atoms with van der Waals surface area (Å²) in [7, 11) is 0. The number of thiocarbonyl (C=S) groups is 1. The Bertz CT molecular complexity index is 495. The molecule has 6 nitrogen and oxygen atoms in total. The molecule has 0 saturated carbocycles. The average molecular weight is 248 g/mol. The maximum absolute atomic E-state index is 5.58. The van der Waals surface area contributed by atoms with Gasteiger partial charge in [-0.1, -0.05) is 17.4 Å². The summed E-state index contributed by atoms with van der Waals surface area (Å²) in [6, 6.07) is 3.72. The second-order valence-electron chi connectivity index (χ2n) is 3.36. The molecule has 0 unspecified atom stereocenters. The first kappa shape index (κ1) is 11.5. The van der Waals surface area contributed by atoms with E-state index in [0.717, 1.165) is 5.69 Å². The second-order valence-corrected chi connectivity index (χ2v) is 3.80. The third-order valence-electron chi connectivity index (χ3n) is 2.17. The van der Waals surface area contributed by atoms with E-state index in [2.05, 4.69) is 20.6 Å². The molecule has 88 valence electrons. The van der Waals surface area contributed by atoms with Crippen LogP contribution in [0.3, 0.4) is 0 Å². The summed E-state index contributed by atoms with van der Waals surface area (Å²) in [5.74, 6) is 0. The van der Waals surface area contributed by atoms with Crippen molar-refractivity contribution in [3.63, 3.8) is 0 Å². The summed E-state index contributed by atoms with van der Waals surface area (Å²) in [5, 5.41) is 10.8. The Morgan fingerprint density at radius 3 is 3.06 bits per heavy atom. The highest BCUT2D eigenvalue weighted by Crippen LogP contribution is 2.11. The van der Waals surface area contributed by atoms with E-state index in [1.54, 1.807) is 23.3 Å². The first-order chi connectivity index (χ1) is 8.27. The van der Waals surface area contributed by atoms with Gasteiger partial charge in [-0.15, -0.1) is 5.10 Å². The van der Waals surface area contributed by atoms with Gasteiger partial charge in [0.25, 0.3) is 0 Å². The number of pyridine rings is 1. The fourth-order valence-corrected chi connectivity index (χ4v) is 1.56. The minimum atomic E-state index is 0.286. The van der Waals surface area contributed by atoms with Gasteiger partial charge in [0.15, 0.2) is 0 Å². The van der Waals surface area contributed by atoms with Crippen molar-refractivity contribution in [2.24, 2.45) is 5.73 Å². The number of anilines is 1. The van der Waals surface area contributed by atoms with Crippen molar-refractivity contribution in [3.8, 4) is 0 Å². The molecule has 7 heteroatoms. The Balaban J connectivity index is 1.97. The average Bonchev–Trinajstić information content (AvgIpc) is 2.82. The predicted octanol–water partition coefficient (Wildman–Crippen LogP) is 0.419.